The molecule has 0 spiro atoms. The van der Waals surface area contributed by atoms with E-state index in [1.807, 2.05) is 89.2 Å². The van der Waals surface area contributed by atoms with Gasteiger partial charge in [0.05, 0.1) is 18.0 Å². The molecule has 0 aromatic heterocycles. The number of hydrogen-bond donors (Lipinski definition) is 4. The average molecular weight is 541 g/mol. The summed E-state index contributed by atoms with van der Waals surface area (Å²) in [6.07, 6.45) is -1.32. The van der Waals surface area contributed by atoms with Crippen LogP contribution in [0.5, 0.6) is 0 Å². The van der Waals surface area contributed by atoms with Crippen LogP contribution in [0, 0.1) is 12.8 Å². The molecule has 1 heterocycles. The van der Waals surface area contributed by atoms with Gasteiger partial charge in [0.1, 0.15) is 6.04 Å². The molecule has 2 aromatic carbocycles. The molecule has 38 heavy (non-hydrogen) atoms. The first kappa shape index (κ1) is 29.7. The van der Waals surface area contributed by atoms with E-state index in [1.165, 1.54) is 16.7 Å². The molecular formula is C29H40N4O4S. The number of rotatable bonds is 10. The van der Waals surface area contributed by atoms with Crippen LogP contribution in [0.2, 0.25) is 0 Å². The fraction of sp³-hybridized carbons (Fsp3) is 0.483. The second kappa shape index (κ2) is 12.8. The predicted octanol–water partition coefficient (Wildman–Crippen LogP) is 2.36. The monoisotopic (exact) mass is 540 g/mol. The van der Waals surface area contributed by atoms with Crippen LogP contribution in [-0.4, -0.2) is 62.6 Å². The lowest BCUT2D eigenvalue weighted by Crippen LogP contribution is -2.60. The van der Waals surface area contributed by atoms with Crippen LogP contribution in [0.15, 0.2) is 54.6 Å². The Morgan fingerprint density at radius 2 is 1.74 bits per heavy atom. The van der Waals surface area contributed by atoms with Crippen LogP contribution >= 0.6 is 11.8 Å². The largest absolute Gasteiger partial charge is 0.381 e. The zero-order valence-electron chi connectivity index (χ0n) is 22.8. The average Bonchev–Trinajstić information content (AvgIpc) is 3.21. The van der Waals surface area contributed by atoms with E-state index in [-0.39, 0.29) is 24.1 Å². The third-order valence-corrected chi connectivity index (χ3v) is 8.45. The lowest BCUT2D eigenvalue weighted by molar-refractivity contribution is -0.148. The highest BCUT2D eigenvalue weighted by molar-refractivity contribution is 8.00. The molecule has 3 amide bonds. The summed E-state index contributed by atoms with van der Waals surface area (Å²) in [5, 5.41) is 17.1. The van der Waals surface area contributed by atoms with Crippen LogP contribution in [0.1, 0.15) is 44.4 Å². The summed E-state index contributed by atoms with van der Waals surface area (Å²) < 4.78 is -0.566. The van der Waals surface area contributed by atoms with Crippen LogP contribution in [0.25, 0.3) is 0 Å². The SMILES string of the molecule is Cc1ccccc1CNC(=O)[C@H]1N(C(=O)[C@@H](O)[C@H](Cc2ccccc2)NC(=O)[C@@H](N)C(C)C)CSC1(C)C. The molecule has 9 heteroatoms. The van der Waals surface area contributed by atoms with E-state index in [0.717, 1.165) is 16.7 Å². The van der Waals surface area contributed by atoms with E-state index >= 15 is 0 Å². The maximum Gasteiger partial charge on any atom is 0.254 e. The second-order valence-corrected chi connectivity index (χ2v) is 12.4. The van der Waals surface area contributed by atoms with Gasteiger partial charge in [0.2, 0.25) is 11.8 Å². The van der Waals surface area contributed by atoms with Crippen molar-refractivity contribution < 1.29 is 19.5 Å². The highest BCUT2D eigenvalue weighted by atomic mass is 32.2. The molecule has 5 N–H and O–H groups in total. The minimum Gasteiger partial charge on any atom is -0.381 e. The Balaban J connectivity index is 1.80. The number of nitrogens with zero attached hydrogens (tertiary/aromatic N) is 1. The van der Waals surface area contributed by atoms with Crippen molar-refractivity contribution >= 4 is 29.5 Å². The Kier molecular flexibility index (Phi) is 9.98. The molecule has 3 rings (SSSR count). The first-order valence-electron chi connectivity index (χ1n) is 13.0. The van der Waals surface area contributed by atoms with Crippen molar-refractivity contribution in [2.75, 3.05) is 5.88 Å². The van der Waals surface area contributed by atoms with Gasteiger partial charge in [-0.25, -0.2) is 0 Å². The molecule has 1 saturated heterocycles. The molecule has 0 aliphatic carbocycles. The number of hydrogen-bond acceptors (Lipinski definition) is 6. The van der Waals surface area contributed by atoms with E-state index in [9.17, 15) is 19.5 Å². The van der Waals surface area contributed by atoms with E-state index in [1.54, 1.807) is 0 Å². The van der Waals surface area contributed by atoms with Crippen LogP contribution in [-0.2, 0) is 27.3 Å². The van der Waals surface area contributed by atoms with Crippen molar-refractivity contribution in [3.05, 3.63) is 71.3 Å². The van der Waals surface area contributed by atoms with Crippen LogP contribution in [0.3, 0.4) is 0 Å². The zero-order chi connectivity index (χ0) is 28.0. The molecule has 1 aliphatic rings. The number of nitrogens with one attached hydrogen (secondary N) is 2. The van der Waals surface area contributed by atoms with E-state index in [4.69, 9.17) is 5.73 Å². The summed E-state index contributed by atoms with van der Waals surface area (Å²) in [4.78, 5) is 41.3. The zero-order valence-corrected chi connectivity index (χ0v) is 23.6. The normalized spacial score (nSPS) is 19.1. The van der Waals surface area contributed by atoms with Crippen molar-refractivity contribution in [2.24, 2.45) is 11.7 Å². The first-order chi connectivity index (χ1) is 17.9. The van der Waals surface area contributed by atoms with Crippen molar-refractivity contribution in [3.8, 4) is 0 Å². The van der Waals surface area contributed by atoms with E-state index in [0.29, 0.717) is 6.54 Å². The summed E-state index contributed by atoms with van der Waals surface area (Å²) in [6, 6.07) is 14.6. The fourth-order valence-electron chi connectivity index (χ4n) is 4.53. The summed E-state index contributed by atoms with van der Waals surface area (Å²) >= 11 is 1.48. The number of amides is 3. The third kappa shape index (κ3) is 7.15. The molecular weight excluding hydrogens is 500 g/mol. The topological polar surface area (TPSA) is 125 Å². The highest BCUT2D eigenvalue weighted by Gasteiger charge is 2.49. The van der Waals surface area contributed by atoms with Crippen molar-refractivity contribution in [2.45, 2.75) is 76.6 Å². The standard InChI is InChI=1S/C29H40N4O4S/c1-18(2)23(30)26(35)32-22(15-20-12-7-6-8-13-20)24(34)28(37)33-17-38-29(4,5)25(33)27(36)31-16-21-14-10-9-11-19(21)3/h6-14,18,22-25,34H,15-17,30H2,1-5H3,(H,31,36)(H,32,35)/t22-,23-,24-,25+/m0/s1. The number of aryl methyl sites for hydroxylation is 1. The smallest absolute Gasteiger partial charge is 0.254 e. The Hall–Kier alpha value is -2.88. The van der Waals surface area contributed by atoms with Gasteiger partial charge in [-0.3, -0.25) is 14.4 Å². The molecule has 0 radical (unpaired) electrons. The number of nitrogens with two attached hydrogens (primary N) is 1. The molecule has 8 nitrogen and oxygen atoms in total. The minimum atomic E-state index is -1.56. The number of carbonyl (C=O) groups is 3. The second-order valence-electron chi connectivity index (χ2n) is 10.8. The van der Waals surface area contributed by atoms with Crippen molar-refractivity contribution in [3.63, 3.8) is 0 Å². The highest BCUT2D eigenvalue weighted by Crippen LogP contribution is 2.40. The number of carbonyl (C=O) groups excluding carboxylic acids is 3. The Morgan fingerprint density at radius 3 is 2.37 bits per heavy atom. The predicted molar refractivity (Wildman–Crippen MR) is 151 cm³/mol. The molecule has 2 aromatic rings. The molecule has 4 atom stereocenters. The van der Waals surface area contributed by atoms with Gasteiger partial charge in [-0.15, -0.1) is 11.8 Å². The molecule has 1 aliphatic heterocycles. The number of thioether (sulfide) groups is 1. The number of aliphatic hydroxyl groups excluding tert-OH is 1. The van der Waals surface area contributed by atoms with Gasteiger partial charge in [0.15, 0.2) is 6.10 Å². The quantitative estimate of drug-likeness (QED) is 0.367. The molecule has 1 fully saturated rings. The van der Waals surface area contributed by atoms with E-state index in [2.05, 4.69) is 10.6 Å². The Morgan fingerprint density at radius 1 is 1.11 bits per heavy atom. The summed E-state index contributed by atoms with van der Waals surface area (Å²) in [6.45, 7) is 9.83. The summed E-state index contributed by atoms with van der Waals surface area (Å²) in [5.41, 5.74) is 8.96. The fourth-order valence-corrected chi connectivity index (χ4v) is 5.67. The summed E-state index contributed by atoms with van der Waals surface area (Å²) in [5.74, 6) is -1.18. The van der Waals surface area contributed by atoms with Crippen LogP contribution in [0.4, 0.5) is 0 Å². The van der Waals surface area contributed by atoms with Gasteiger partial charge in [-0.05, 0) is 49.8 Å². The van der Waals surface area contributed by atoms with Crippen molar-refractivity contribution in [1.82, 2.24) is 15.5 Å². The molecule has 206 valence electrons. The molecule has 0 unspecified atom stereocenters. The lowest BCUT2D eigenvalue weighted by Gasteiger charge is -2.33. The van der Waals surface area contributed by atoms with Gasteiger partial charge < -0.3 is 26.4 Å². The third-order valence-electron chi connectivity index (χ3n) is 7.07. The van der Waals surface area contributed by atoms with Gasteiger partial charge in [-0.2, -0.15) is 0 Å². The maximum absolute atomic E-state index is 13.7. The molecule has 0 saturated carbocycles. The molecule has 0 bridgehead atoms. The van der Waals surface area contributed by atoms with E-state index < -0.39 is 40.8 Å². The Labute approximate surface area is 229 Å². The summed E-state index contributed by atoms with van der Waals surface area (Å²) in [7, 11) is 0. The van der Waals surface area contributed by atoms with Crippen molar-refractivity contribution in [1.29, 1.82) is 0 Å². The van der Waals surface area contributed by atoms with Gasteiger partial charge in [0.25, 0.3) is 5.91 Å². The lowest BCUT2D eigenvalue weighted by atomic mass is 9.96. The maximum atomic E-state index is 13.7. The minimum absolute atomic E-state index is 0.114. The number of benzene rings is 2. The Bertz CT molecular complexity index is 1120. The van der Waals surface area contributed by atoms with Gasteiger partial charge >= 0.3 is 0 Å². The van der Waals surface area contributed by atoms with Gasteiger partial charge in [-0.1, -0.05) is 68.4 Å². The number of aliphatic hydroxyl groups is 1. The van der Waals surface area contributed by atoms with Crippen LogP contribution < -0.4 is 16.4 Å². The van der Waals surface area contributed by atoms with Gasteiger partial charge in [0, 0.05) is 11.3 Å². The first-order valence-corrected chi connectivity index (χ1v) is 14.0.